The van der Waals surface area contributed by atoms with E-state index < -0.39 is 39.7 Å². The van der Waals surface area contributed by atoms with Crippen LogP contribution in [-0.4, -0.2) is 23.3 Å². The second-order valence-electron chi connectivity index (χ2n) is 5.50. The third kappa shape index (κ3) is 3.46. The van der Waals surface area contributed by atoms with Gasteiger partial charge < -0.3 is 10.1 Å². The van der Waals surface area contributed by atoms with E-state index in [1.807, 2.05) is 30.3 Å². The third-order valence-electron chi connectivity index (χ3n) is 3.72. The molecule has 26 heavy (non-hydrogen) atoms. The average Bonchev–Trinajstić information content (AvgIpc) is 2.61. The van der Waals surface area contributed by atoms with Gasteiger partial charge in [-0.25, -0.2) is 4.39 Å². The number of benzene rings is 2. The Morgan fingerprint density at radius 3 is 2.65 bits per heavy atom. The Morgan fingerprint density at radius 1 is 1.23 bits per heavy atom. The normalized spacial score (nSPS) is 12.8. The minimum absolute atomic E-state index is 0.0335. The highest BCUT2D eigenvalue weighted by molar-refractivity contribution is 6.42. The highest BCUT2D eigenvalue weighted by Crippen LogP contribution is 2.44. The number of rotatable bonds is 6. The first-order valence-electron chi connectivity index (χ1n) is 7.72. The lowest BCUT2D eigenvalue weighted by Crippen LogP contribution is -2.33. The summed E-state index contributed by atoms with van der Waals surface area (Å²) < 4.78 is 19.5. The van der Waals surface area contributed by atoms with Crippen LogP contribution in [0.25, 0.3) is 0 Å². The second kappa shape index (κ2) is 7.18. The van der Waals surface area contributed by atoms with Crippen LogP contribution in [0.5, 0.6) is 5.75 Å². The van der Waals surface area contributed by atoms with E-state index in [0.29, 0.717) is 12.8 Å². The molecule has 0 spiro atoms. The zero-order valence-corrected chi connectivity index (χ0v) is 13.4. The van der Waals surface area contributed by atoms with E-state index in [2.05, 4.69) is 10.6 Å². The molecule has 1 heterocycles. The minimum Gasteiger partial charge on any atom is -0.485 e. The number of carbonyl (C=O) groups is 2. The fourth-order valence-corrected chi connectivity index (χ4v) is 2.55. The molecule has 1 aliphatic heterocycles. The number of nitrogens with zero attached hydrogens (tertiary/aromatic N) is 2. The molecule has 1 N–H and O–H groups in total. The van der Waals surface area contributed by atoms with Crippen LogP contribution in [-0.2, 0) is 16.0 Å². The van der Waals surface area contributed by atoms with Gasteiger partial charge in [0.25, 0.3) is 0 Å². The molecular weight excluding hydrogens is 345 g/mol. The van der Waals surface area contributed by atoms with E-state index in [1.165, 1.54) is 0 Å². The summed E-state index contributed by atoms with van der Waals surface area (Å²) in [5, 5.41) is 16.8. The summed E-state index contributed by atoms with van der Waals surface area (Å²) in [6, 6.07) is 10.4. The number of nitrogens with one attached hydrogen (secondary N) is 1. The maximum absolute atomic E-state index is 14.3. The van der Waals surface area contributed by atoms with Crippen LogP contribution >= 0.6 is 0 Å². The summed E-state index contributed by atoms with van der Waals surface area (Å²) in [5.74, 6) is -3.89. The lowest BCUT2D eigenvalue weighted by molar-refractivity contribution is -0.385. The van der Waals surface area contributed by atoms with Gasteiger partial charge in [0.05, 0.1) is 17.2 Å². The fourth-order valence-electron chi connectivity index (χ4n) is 2.55. The Balaban J connectivity index is 1.80. The second-order valence-corrected chi connectivity index (χ2v) is 5.50. The number of anilines is 1. The van der Waals surface area contributed by atoms with Gasteiger partial charge in [-0.1, -0.05) is 30.3 Å². The number of nitro benzene ring substituents is 1. The van der Waals surface area contributed by atoms with Crippen LogP contribution in [0.4, 0.5) is 21.5 Å². The Kier molecular flexibility index (Phi) is 4.78. The molecule has 0 unspecified atom stereocenters. The first kappa shape index (κ1) is 17.3. The summed E-state index contributed by atoms with van der Waals surface area (Å²) in [6.45, 7) is 0.0335. The number of fused-ring (bicyclic) bond motifs is 1. The van der Waals surface area contributed by atoms with Crippen molar-refractivity contribution in [2.45, 2.75) is 12.8 Å². The van der Waals surface area contributed by atoms with E-state index in [-0.39, 0.29) is 12.3 Å². The smallest absolute Gasteiger partial charge is 0.341 e. The number of hydrogen-bond acceptors (Lipinski definition) is 5. The molecule has 133 valence electrons. The van der Waals surface area contributed by atoms with Gasteiger partial charge in [0, 0.05) is 6.07 Å². The molecule has 2 aromatic rings. The van der Waals surface area contributed by atoms with Gasteiger partial charge in [-0.3, -0.25) is 19.7 Å². The topological polar surface area (TPSA) is 113 Å². The molecule has 0 saturated heterocycles. The fraction of sp³-hybridized carbons (Fsp3) is 0.176. The number of nitro groups is 1. The molecule has 8 nitrogen and oxygen atoms in total. The van der Waals surface area contributed by atoms with Gasteiger partial charge in [0.2, 0.25) is 5.75 Å². The predicted octanol–water partition coefficient (Wildman–Crippen LogP) is 2.46. The van der Waals surface area contributed by atoms with Gasteiger partial charge in [0.1, 0.15) is 0 Å². The maximum atomic E-state index is 14.3. The van der Waals surface area contributed by atoms with Crippen LogP contribution in [0.15, 0.2) is 36.4 Å². The SMILES string of the molecule is O=C1[N]c2c(cc(F)c(OCCCc3ccccc3)c2[N+](=O)[O-])NC1=O. The van der Waals surface area contributed by atoms with Crippen molar-refractivity contribution in [1.29, 1.82) is 0 Å². The standard InChI is InChI=1S/C17H13FN3O5/c18-11-9-12-13(20-17(23)16(22)19-12)14(21(24)25)15(11)26-8-4-7-10-5-2-1-3-6-10/h1-3,5-6,9H,4,7-8H2,(H,19,22). The molecule has 2 amide bonds. The van der Waals surface area contributed by atoms with Gasteiger partial charge in [-0.2, -0.15) is 5.32 Å². The average molecular weight is 358 g/mol. The van der Waals surface area contributed by atoms with E-state index in [4.69, 9.17) is 4.74 Å². The van der Waals surface area contributed by atoms with E-state index in [1.54, 1.807) is 0 Å². The molecule has 2 aromatic carbocycles. The van der Waals surface area contributed by atoms with Gasteiger partial charge >= 0.3 is 17.5 Å². The number of amides is 2. The molecule has 1 radical (unpaired) electrons. The Hall–Kier alpha value is -3.49. The molecule has 3 rings (SSSR count). The molecule has 0 aliphatic carbocycles. The van der Waals surface area contributed by atoms with Crippen LogP contribution < -0.4 is 15.4 Å². The molecule has 0 saturated carbocycles. The number of aryl methyl sites for hydroxylation is 1. The zero-order chi connectivity index (χ0) is 18.7. The molecule has 0 atom stereocenters. The molecular formula is C17H13FN3O5. The Labute approximate surface area is 147 Å². The summed E-state index contributed by atoms with van der Waals surface area (Å²) in [4.78, 5) is 33.2. The molecule has 1 aliphatic rings. The highest BCUT2D eigenvalue weighted by Gasteiger charge is 2.36. The van der Waals surface area contributed by atoms with Crippen LogP contribution in [0.2, 0.25) is 0 Å². The Morgan fingerprint density at radius 2 is 1.96 bits per heavy atom. The first-order valence-corrected chi connectivity index (χ1v) is 7.72. The van der Waals surface area contributed by atoms with Crippen LogP contribution in [0.3, 0.4) is 0 Å². The Bertz CT molecular complexity index is 886. The summed E-state index contributed by atoms with van der Waals surface area (Å²) in [7, 11) is 0. The largest absolute Gasteiger partial charge is 0.485 e. The van der Waals surface area contributed by atoms with E-state index in [0.717, 1.165) is 11.6 Å². The molecule has 0 bridgehead atoms. The number of carbonyl (C=O) groups excluding carboxylic acids is 2. The molecule has 0 aromatic heterocycles. The summed E-state index contributed by atoms with van der Waals surface area (Å²) >= 11 is 0. The van der Waals surface area contributed by atoms with Crippen molar-refractivity contribution < 1.29 is 23.6 Å². The van der Waals surface area contributed by atoms with Crippen molar-refractivity contribution >= 4 is 28.9 Å². The number of hydrogen-bond donors (Lipinski definition) is 1. The van der Waals surface area contributed by atoms with Crippen molar-refractivity contribution in [2.75, 3.05) is 11.9 Å². The maximum Gasteiger partial charge on any atom is 0.341 e. The van der Waals surface area contributed by atoms with Crippen molar-refractivity contribution in [2.24, 2.45) is 0 Å². The van der Waals surface area contributed by atoms with Gasteiger partial charge in [-0.15, -0.1) is 0 Å². The lowest BCUT2D eigenvalue weighted by atomic mass is 10.1. The minimum atomic E-state index is -1.19. The quantitative estimate of drug-likeness (QED) is 0.369. The third-order valence-corrected chi connectivity index (χ3v) is 3.72. The monoisotopic (exact) mass is 358 g/mol. The zero-order valence-electron chi connectivity index (χ0n) is 13.4. The first-order chi connectivity index (χ1) is 12.5. The lowest BCUT2D eigenvalue weighted by Gasteiger charge is -2.17. The predicted molar refractivity (Wildman–Crippen MR) is 88.7 cm³/mol. The van der Waals surface area contributed by atoms with Crippen molar-refractivity contribution in [3.63, 3.8) is 0 Å². The summed E-state index contributed by atoms with van der Waals surface area (Å²) in [6.07, 6.45) is 1.16. The van der Waals surface area contributed by atoms with Crippen molar-refractivity contribution in [3.8, 4) is 5.75 Å². The highest BCUT2D eigenvalue weighted by atomic mass is 19.1. The van der Waals surface area contributed by atoms with E-state index >= 15 is 0 Å². The van der Waals surface area contributed by atoms with Crippen molar-refractivity contribution in [1.82, 2.24) is 5.32 Å². The van der Waals surface area contributed by atoms with Crippen LogP contribution in [0.1, 0.15) is 12.0 Å². The molecule has 9 heteroatoms. The number of ether oxygens (including phenoxy) is 1. The van der Waals surface area contributed by atoms with E-state index in [9.17, 15) is 24.1 Å². The van der Waals surface area contributed by atoms with Gasteiger partial charge in [-0.05, 0) is 18.4 Å². The van der Waals surface area contributed by atoms with Crippen LogP contribution in [0, 0.1) is 15.9 Å². The van der Waals surface area contributed by atoms with Crippen molar-refractivity contribution in [3.05, 3.63) is 57.9 Å². The van der Waals surface area contributed by atoms with Gasteiger partial charge in [0.15, 0.2) is 11.5 Å². The summed E-state index contributed by atoms with van der Waals surface area (Å²) in [5.41, 5.74) is -0.387. The number of halogens is 1. The molecule has 0 fully saturated rings.